The monoisotopic (exact) mass is 203 g/mol. The first-order valence-corrected chi connectivity index (χ1v) is 6.18. The number of fused-ring (bicyclic) bond motifs is 1. The highest BCUT2D eigenvalue weighted by molar-refractivity contribution is 5.56. The van der Waals surface area contributed by atoms with Gasteiger partial charge in [0.05, 0.1) is 0 Å². The van der Waals surface area contributed by atoms with Gasteiger partial charge in [-0.25, -0.2) is 0 Å². The third-order valence-corrected chi connectivity index (χ3v) is 3.62. The van der Waals surface area contributed by atoms with Gasteiger partial charge in [-0.1, -0.05) is 44.9 Å². The van der Waals surface area contributed by atoms with Crippen molar-refractivity contribution in [1.29, 1.82) is 0 Å². The first-order valence-electron chi connectivity index (χ1n) is 6.18. The Hall–Kier alpha value is -0.980. The molecule has 2 rings (SSSR count). The van der Waals surface area contributed by atoms with Gasteiger partial charge >= 0.3 is 0 Å². The van der Waals surface area contributed by atoms with E-state index in [0.29, 0.717) is 6.04 Å². The van der Waals surface area contributed by atoms with Crippen LogP contribution in [0.3, 0.4) is 0 Å². The van der Waals surface area contributed by atoms with Crippen LogP contribution in [-0.4, -0.2) is 6.04 Å². The maximum atomic E-state index is 3.63. The van der Waals surface area contributed by atoms with E-state index >= 15 is 0 Å². The van der Waals surface area contributed by atoms with Crippen LogP contribution in [0.25, 0.3) is 0 Å². The molecule has 1 N–H and O–H groups in total. The quantitative estimate of drug-likeness (QED) is 0.783. The lowest BCUT2D eigenvalue weighted by atomic mass is 9.93. The zero-order valence-corrected chi connectivity index (χ0v) is 9.79. The molecule has 1 heteroatoms. The molecule has 1 heterocycles. The highest BCUT2D eigenvalue weighted by Gasteiger charge is 2.21. The van der Waals surface area contributed by atoms with E-state index in [9.17, 15) is 0 Å². The number of para-hydroxylation sites is 1. The number of benzene rings is 1. The van der Waals surface area contributed by atoms with Crippen LogP contribution in [0.4, 0.5) is 5.69 Å². The smallest absolute Gasteiger partial charge is 0.0375 e. The standard InChI is InChI=1S/C14H21N/c1-3-11(4-2)9-13-10-12-7-5-6-8-14(12)15-13/h5-8,11,13,15H,3-4,9-10H2,1-2H3. The molecule has 0 bridgehead atoms. The Morgan fingerprint density at radius 2 is 2.00 bits per heavy atom. The van der Waals surface area contributed by atoms with Crippen LogP contribution in [0.1, 0.15) is 38.7 Å². The molecule has 82 valence electrons. The van der Waals surface area contributed by atoms with Gasteiger partial charge in [0.25, 0.3) is 0 Å². The molecule has 1 aromatic carbocycles. The second-order valence-electron chi connectivity index (χ2n) is 4.62. The molecule has 0 saturated carbocycles. The normalized spacial score (nSPS) is 19.0. The Morgan fingerprint density at radius 3 is 2.67 bits per heavy atom. The Balaban J connectivity index is 1.95. The van der Waals surface area contributed by atoms with Crippen LogP contribution in [0, 0.1) is 5.92 Å². The largest absolute Gasteiger partial charge is 0.382 e. The van der Waals surface area contributed by atoms with Crippen molar-refractivity contribution in [3.8, 4) is 0 Å². The van der Waals surface area contributed by atoms with E-state index in [0.717, 1.165) is 5.92 Å². The van der Waals surface area contributed by atoms with Crippen molar-refractivity contribution in [2.45, 2.75) is 45.6 Å². The molecular weight excluding hydrogens is 182 g/mol. The second-order valence-corrected chi connectivity index (χ2v) is 4.62. The van der Waals surface area contributed by atoms with Gasteiger partial charge in [-0.2, -0.15) is 0 Å². The second kappa shape index (κ2) is 4.69. The van der Waals surface area contributed by atoms with Gasteiger partial charge in [0.15, 0.2) is 0 Å². The van der Waals surface area contributed by atoms with Gasteiger partial charge in [-0.15, -0.1) is 0 Å². The predicted molar refractivity (Wildman–Crippen MR) is 66.2 cm³/mol. The number of nitrogens with one attached hydrogen (secondary N) is 1. The predicted octanol–water partition coefficient (Wildman–Crippen LogP) is 3.85. The summed E-state index contributed by atoms with van der Waals surface area (Å²) >= 11 is 0. The molecule has 0 saturated heterocycles. The highest BCUT2D eigenvalue weighted by Crippen LogP contribution is 2.29. The van der Waals surface area contributed by atoms with Crippen molar-refractivity contribution >= 4 is 5.69 Å². The van der Waals surface area contributed by atoms with Gasteiger partial charge in [-0.05, 0) is 30.4 Å². The van der Waals surface area contributed by atoms with E-state index in [1.807, 2.05) is 0 Å². The van der Waals surface area contributed by atoms with E-state index in [1.54, 1.807) is 0 Å². The number of anilines is 1. The highest BCUT2D eigenvalue weighted by atomic mass is 14.9. The fourth-order valence-electron chi connectivity index (χ4n) is 2.54. The minimum atomic E-state index is 0.673. The summed E-state index contributed by atoms with van der Waals surface area (Å²) in [6.45, 7) is 4.60. The SMILES string of the molecule is CCC(CC)CC1Cc2ccccc2N1. The third kappa shape index (κ3) is 2.34. The van der Waals surface area contributed by atoms with Crippen molar-refractivity contribution in [2.75, 3.05) is 5.32 Å². The van der Waals surface area contributed by atoms with Crippen molar-refractivity contribution in [3.63, 3.8) is 0 Å². The van der Waals surface area contributed by atoms with Crippen molar-refractivity contribution in [2.24, 2.45) is 5.92 Å². The first-order chi connectivity index (χ1) is 7.33. The van der Waals surface area contributed by atoms with Crippen molar-refractivity contribution in [1.82, 2.24) is 0 Å². The number of hydrogen-bond donors (Lipinski definition) is 1. The lowest BCUT2D eigenvalue weighted by Gasteiger charge is -2.18. The Bertz CT molecular complexity index is 290. The minimum absolute atomic E-state index is 0.673. The zero-order chi connectivity index (χ0) is 10.7. The summed E-state index contributed by atoms with van der Waals surface area (Å²) in [7, 11) is 0. The molecule has 1 aliphatic heterocycles. The molecule has 0 fully saturated rings. The minimum Gasteiger partial charge on any atom is -0.382 e. The van der Waals surface area contributed by atoms with Gasteiger partial charge in [0, 0.05) is 11.7 Å². The average molecular weight is 203 g/mol. The van der Waals surface area contributed by atoms with E-state index in [1.165, 1.54) is 36.9 Å². The lowest BCUT2D eigenvalue weighted by Crippen LogP contribution is -2.19. The summed E-state index contributed by atoms with van der Waals surface area (Å²) in [5.41, 5.74) is 2.85. The molecule has 0 radical (unpaired) electrons. The molecular formula is C14H21N. The summed E-state index contributed by atoms with van der Waals surface area (Å²) in [6.07, 6.45) is 5.16. The lowest BCUT2D eigenvalue weighted by molar-refractivity contribution is 0.425. The average Bonchev–Trinajstić information content (AvgIpc) is 2.68. The molecule has 15 heavy (non-hydrogen) atoms. The molecule has 1 aliphatic rings. The van der Waals surface area contributed by atoms with E-state index in [-0.39, 0.29) is 0 Å². The van der Waals surface area contributed by atoms with Crippen LogP contribution in [-0.2, 0) is 6.42 Å². The van der Waals surface area contributed by atoms with Crippen LogP contribution in [0.2, 0.25) is 0 Å². The van der Waals surface area contributed by atoms with E-state index in [4.69, 9.17) is 0 Å². The molecule has 0 aliphatic carbocycles. The maximum absolute atomic E-state index is 3.63. The Morgan fingerprint density at radius 1 is 1.27 bits per heavy atom. The molecule has 0 spiro atoms. The topological polar surface area (TPSA) is 12.0 Å². The first kappa shape index (κ1) is 10.5. The molecule has 1 unspecified atom stereocenters. The molecule has 1 atom stereocenters. The third-order valence-electron chi connectivity index (χ3n) is 3.62. The van der Waals surface area contributed by atoms with Gasteiger partial charge in [-0.3, -0.25) is 0 Å². The van der Waals surface area contributed by atoms with Gasteiger partial charge < -0.3 is 5.32 Å². The Kier molecular flexibility index (Phi) is 3.30. The summed E-state index contributed by atoms with van der Waals surface area (Å²) in [5.74, 6) is 0.886. The molecule has 1 aromatic rings. The van der Waals surface area contributed by atoms with Gasteiger partial charge in [0.2, 0.25) is 0 Å². The summed E-state index contributed by atoms with van der Waals surface area (Å²) < 4.78 is 0. The maximum Gasteiger partial charge on any atom is 0.0375 e. The summed E-state index contributed by atoms with van der Waals surface area (Å²) in [6, 6.07) is 9.37. The van der Waals surface area contributed by atoms with Crippen LogP contribution < -0.4 is 5.32 Å². The molecule has 0 amide bonds. The number of hydrogen-bond acceptors (Lipinski definition) is 1. The Labute approximate surface area is 92.9 Å². The number of rotatable bonds is 4. The molecule has 0 aromatic heterocycles. The molecule has 1 nitrogen and oxygen atoms in total. The summed E-state index contributed by atoms with van der Waals surface area (Å²) in [4.78, 5) is 0. The van der Waals surface area contributed by atoms with Crippen molar-refractivity contribution < 1.29 is 0 Å². The van der Waals surface area contributed by atoms with Crippen molar-refractivity contribution in [3.05, 3.63) is 29.8 Å². The van der Waals surface area contributed by atoms with E-state index < -0.39 is 0 Å². The fourth-order valence-corrected chi connectivity index (χ4v) is 2.54. The van der Waals surface area contributed by atoms with Crippen LogP contribution in [0.15, 0.2) is 24.3 Å². The zero-order valence-electron chi connectivity index (χ0n) is 9.79. The van der Waals surface area contributed by atoms with Gasteiger partial charge in [0.1, 0.15) is 0 Å². The van der Waals surface area contributed by atoms with Crippen LogP contribution in [0.5, 0.6) is 0 Å². The fraction of sp³-hybridized carbons (Fsp3) is 0.571. The van der Waals surface area contributed by atoms with E-state index in [2.05, 4.69) is 43.4 Å². The van der Waals surface area contributed by atoms with Crippen LogP contribution >= 0.6 is 0 Å². The summed E-state index contributed by atoms with van der Waals surface area (Å²) in [5, 5.41) is 3.63.